The molecule has 2 saturated heterocycles. The van der Waals surface area contributed by atoms with Gasteiger partial charge < -0.3 is 14.6 Å². The van der Waals surface area contributed by atoms with Crippen molar-refractivity contribution < 1.29 is 14.6 Å². The molecule has 0 aromatic rings. The van der Waals surface area contributed by atoms with Crippen molar-refractivity contribution >= 4 is 0 Å². The Bertz CT molecular complexity index is 229. The molecule has 1 N–H and O–H groups in total. The van der Waals surface area contributed by atoms with Crippen LogP contribution in [0.25, 0.3) is 0 Å². The lowest BCUT2D eigenvalue weighted by molar-refractivity contribution is 0.0168. The quantitative estimate of drug-likeness (QED) is 0.489. The highest BCUT2D eigenvalue weighted by Gasteiger charge is 2.42. The third kappa shape index (κ3) is 1.71. The second kappa shape index (κ2) is 3.30. The molecule has 13 heavy (non-hydrogen) atoms. The maximum Gasteiger partial charge on any atom is 0.144 e. The first-order chi connectivity index (χ1) is 6.22. The van der Waals surface area contributed by atoms with Gasteiger partial charge in [0.05, 0.1) is 24.9 Å². The van der Waals surface area contributed by atoms with Crippen LogP contribution in [-0.4, -0.2) is 36.1 Å². The zero-order valence-electron chi connectivity index (χ0n) is 7.64. The van der Waals surface area contributed by atoms with Gasteiger partial charge in [0.25, 0.3) is 0 Å². The molecule has 0 amide bonds. The molecule has 2 aliphatic heterocycles. The summed E-state index contributed by atoms with van der Waals surface area (Å²) in [5.41, 5.74) is 0. The Morgan fingerprint density at radius 2 is 2.23 bits per heavy atom. The molecule has 5 atom stereocenters. The van der Waals surface area contributed by atoms with Crippen molar-refractivity contribution in [1.29, 1.82) is 0 Å². The Hall–Kier alpha value is -0.560. The zero-order chi connectivity index (χ0) is 9.42. The molecule has 0 aromatic carbocycles. The van der Waals surface area contributed by atoms with E-state index in [9.17, 15) is 5.11 Å². The molecule has 2 aliphatic rings. The molecule has 0 saturated carbocycles. The molecule has 2 rings (SSSR count). The van der Waals surface area contributed by atoms with Crippen molar-refractivity contribution in [3.63, 3.8) is 0 Å². The SMILES string of the molecule is C#C[C@H]1O[C@@H]([C@H](C)[C@H]2CO2)C[C@H]1O. The fourth-order valence-corrected chi connectivity index (χ4v) is 1.78. The van der Waals surface area contributed by atoms with Crippen LogP contribution in [0.1, 0.15) is 13.3 Å². The smallest absolute Gasteiger partial charge is 0.144 e. The topological polar surface area (TPSA) is 42.0 Å². The summed E-state index contributed by atoms with van der Waals surface area (Å²) in [6.07, 6.45) is 5.29. The van der Waals surface area contributed by atoms with Crippen LogP contribution in [0.5, 0.6) is 0 Å². The second-order valence-electron chi connectivity index (χ2n) is 3.80. The summed E-state index contributed by atoms with van der Waals surface area (Å²) < 4.78 is 10.7. The van der Waals surface area contributed by atoms with Crippen molar-refractivity contribution in [3.8, 4) is 12.3 Å². The van der Waals surface area contributed by atoms with Crippen molar-refractivity contribution in [2.24, 2.45) is 5.92 Å². The summed E-state index contributed by atoms with van der Waals surface area (Å²) in [5.74, 6) is 2.79. The summed E-state index contributed by atoms with van der Waals surface area (Å²) in [5, 5.41) is 9.50. The van der Waals surface area contributed by atoms with E-state index in [1.165, 1.54) is 0 Å². The number of hydrogen-bond donors (Lipinski definition) is 1. The number of aliphatic hydroxyl groups excluding tert-OH is 1. The van der Waals surface area contributed by atoms with Crippen LogP contribution in [0, 0.1) is 18.3 Å². The Balaban J connectivity index is 1.92. The predicted molar refractivity (Wildman–Crippen MR) is 47.0 cm³/mol. The Morgan fingerprint density at radius 1 is 1.54 bits per heavy atom. The fraction of sp³-hybridized carbons (Fsp3) is 0.800. The van der Waals surface area contributed by atoms with E-state index in [4.69, 9.17) is 15.9 Å². The van der Waals surface area contributed by atoms with Crippen LogP contribution in [0.3, 0.4) is 0 Å². The van der Waals surface area contributed by atoms with Gasteiger partial charge in [0.1, 0.15) is 6.10 Å². The molecule has 2 fully saturated rings. The van der Waals surface area contributed by atoms with E-state index in [0.29, 0.717) is 18.4 Å². The Morgan fingerprint density at radius 3 is 2.69 bits per heavy atom. The highest BCUT2D eigenvalue weighted by Crippen LogP contribution is 2.32. The second-order valence-corrected chi connectivity index (χ2v) is 3.80. The summed E-state index contributed by atoms with van der Waals surface area (Å²) in [6.45, 7) is 2.89. The van der Waals surface area contributed by atoms with E-state index in [0.717, 1.165) is 6.61 Å². The lowest BCUT2D eigenvalue weighted by Crippen LogP contribution is -2.22. The largest absolute Gasteiger partial charge is 0.389 e. The first-order valence-electron chi connectivity index (χ1n) is 4.63. The van der Waals surface area contributed by atoms with Gasteiger partial charge in [0, 0.05) is 12.3 Å². The van der Waals surface area contributed by atoms with Gasteiger partial charge in [0.15, 0.2) is 0 Å². The van der Waals surface area contributed by atoms with E-state index in [2.05, 4.69) is 12.8 Å². The van der Waals surface area contributed by atoms with Crippen LogP contribution in [-0.2, 0) is 9.47 Å². The number of epoxide rings is 1. The maximum atomic E-state index is 9.50. The van der Waals surface area contributed by atoms with E-state index in [1.807, 2.05) is 0 Å². The molecule has 2 heterocycles. The van der Waals surface area contributed by atoms with Gasteiger partial charge in [-0.1, -0.05) is 12.8 Å². The molecular formula is C10H14O3. The summed E-state index contributed by atoms with van der Waals surface area (Å²) in [7, 11) is 0. The minimum absolute atomic E-state index is 0.0588. The molecule has 0 aromatic heterocycles. The molecular weight excluding hydrogens is 168 g/mol. The van der Waals surface area contributed by atoms with Crippen LogP contribution in [0.4, 0.5) is 0 Å². The van der Waals surface area contributed by atoms with Crippen molar-refractivity contribution in [3.05, 3.63) is 0 Å². The highest BCUT2D eigenvalue weighted by atomic mass is 16.6. The average Bonchev–Trinajstić information content (AvgIpc) is 2.89. The Kier molecular flexibility index (Phi) is 2.29. The molecule has 0 radical (unpaired) electrons. The number of aliphatic hydroxyl groups is 1. The maximum absolute atomic E-state index is 9.50. The van der Waals surface area contributed by atoms with Gasteiger partial charge in [-0.3, -0.25) is 0 Å². The van der Waals surface area contributed by atoms with Crippen molar-refractivity contribution in [2.45, 2.75) is 37.8 Å². The molecule has 72 valence electrons. The summed E-state index contributed by atoms with van der Waals surface area (Å²) in [6, 6.07) is 0. The number of terminal acetylenes is 1. The van der Waals surface area contributed by atoms with Crippen molar-refractivity contribution in [1.82, 2.24) is 0 Å². The van der Waals surface area contributed by atoms with E-state index in [-0.39, 0.29) is 6.10 Å². The molecule has 3 nitrogen and oxygen atoms in total. The first kappa shape index (κ1) is 9.01. The van der Waals surface area contributed by atoms with Crippen molar-refractivity contribution in [2.75, 3.05) is 6.61 Å². The Labute approximate surface area is 78.0 Å². The van der Waals surface area contributed by atoms with E-state index in [1.54, 1.807) is 0 Å². The normalized spacial score (nSPS) is 45.6. The third-order valence-corrected chi connectivity index (χ3v) is 2.84. The predicted octanol–water partition coefficient (Wildman–Crippen LogP) is 0.173. The molecule has 0 bridgehead atoms. The van der Waals surface area contributed by atoms with E-state index >= 15 is 0 Å². The van der Waals surface area contributed by atoms with Gasteiger partial charge in [-0.2, -0.15) is 0 Å². The molecule has 0 spiro atoms. The average molecular weight is 182 g/mol. The van der Waals surface area contributed by atoms with Crippen LogP contribution in [0.15, 0.2) is 0 Å². The minimum Gasteiger partial charge on any atom is -0.389 e. The van der Waals surface area contributed by atoms with Crippen LogP contribution >= 0.6 is 0 Å². The summed E-state index contributed by atoms with van der Waals surface area (Å²) >= 11 is 0. The van der Waals surface area contributed by atoms with Crippen LogP contribution < -0.4 is 0 Å². The zero-order valence-corrected chi connectivity index (χ0v) is 7.64. The van der Waals surface area contributed by atoms with Crippen LogP contribution in [0.2, 0.25) is 0 Å². The number of hydrogen-bond acceptors (Lipinski definition) is 3. The first-order valence-corrected chi connectivity index (χ1v) is 4.63. The number of rotatable bonds is 2. The molecule has 0 aliphatic carbocycles. The minimum atomic E-state index is -0.504. The molecule has 0 unspecified atom stereocenters. The fourth-order valence-electron chi connectivity index (χ4n) is 1.78. The van der Waals surface area contributed by atoms with E-state index < -0.39 is 12.2 Å². The molecule has 3 heteroatoms. The van der Waals surface area contributed by atoms with Gasteiger partial charge in [0.2, 0.25) is 0 Å². The lowest BCUT2D eigenvalue weighted by atomic mass is 9.98. The highest BCUT2D eigenvalue weighted by molar-refractivity contribution is 5.04. The van der Waals surface area contributed by atoms with Gasteiger partial charge >= 0.3 is 0 Å². The third-order valence-electron chi connectivity index (χ3n) is 2.84. The summed E-state index contributed by atoms with van der Waals surface area (Å²) in [4.78, 5) is 0. The lowest BCUT2D eigenvalue weighted by Gasteiger charge is -2.16. The van der Waals surface area contributed by atoms with Gasteiger partial charge in [-0.25, -0.2) is 0 Å². The number of ether oxygens (including phenoxy) is 2. The monoisotopic (exact) mass is 182 g/mol. The van der Waals surface area contributed by atoms with Gasteiger partial charge in [-0.05, 0) is 0 Å². The standard InChI is InChI=1S/C10H14O3/c1-3-8-7(11)4-9(13-8)6(2)10-5-12-10/h1,6-11H,4-5H2,2H3/t6-,7+,8+,9+,10+/m0/s1. The van der Waals surface area contributed by atoms with Gasteiger partial charge in [-0.15, -0.1) is 6.42 Å².